The molecular formula is C8H8BrNO3S. The molecule has 1 rings (SSSR count). The Bertz CT molecular complexity index is 363. The van der Waals surface area contributed by atoms with Crippen LogP contribution >= 0.6 is 27.3 Å². The van der Waals surface area contributed by atoms with Crippen LogP contribution in [0.3, 0.4) is 0 Å². The van der Waals surface area contributed by atoms with Crippen molar-refractivity contribution < 1.29 is 14.7 Å². The van der Waals surface area contributed by atoms with Crippen LogP contribution in [0.25, 0.3) is 0 Å². The highest BCUT2D eigenvalue weighted by Crippen LogP contribution is 2.22. The largest absolute Gasteiger partial charge is 0.480 e. The van der Waals surface area contributed by atoms with Crippen LogP contribution in [0.4, 0.5) is 0 Å². The summed E-state index contributed by atoms with van der Waals surface area (Å²) in [5.74, 6) is -1.42. The number of rotatable bonds is 3. The molecule has 1 aromatic rings. The summed E-state index contributed by atoms with van der Waals surface area (Å²) in [6, 6.07) is 0.863. The van der Waals surface area contributed by atoms with E-state index in [-0.39, 0.29) is 5.91 Å². The third-order valence-corrected chi connectivity index (χ3v) is 3.38. The summed E-state index contributed by atoms with van der Waals surface area (Å²) < 4.78 is 0.678. The average molecular weight is 278 g/mol. The first-order valence-corrected chi connectivity index (χ1v) is 5.46. The normalized spacial score (nSPS) is 12.1. The quantitative estimate of drug-likeness (QED) is 0.884. The average Bonchev–Trinajstić information content (AvgIpc) is 2.51. The highest BCUT2D eigenvalue weighted by Gasteiger charge is 2.17. The van der Waals surface area contributed by atoms with Crippen molar-refractivity contribution in [3.05, 3.63) is 20.8 Å². The lowest BCUT2D eigenvalue weighted by atomic mass is 10.3. The summed E-state index contributed by atoms with van der Waals surface area (Å²) in [4.78, 5) is 22.4. The van der Waals surface area contributed by atoms with Gasteiger partial charge in [-0.05, 0) is 34.3 Å². The van der Waals surface area contributed by atoms with Gasteiger partial charge in [-0.2, -0.15) is 0 Å². The number of carboxylic acids is 1. The number of carbonyl (C=O) groups is 2. The minimum atomic E-state index is -1.05. The molecule has 0 aliphatic rings. The summed E-state index contributed by atoms with van der Waals surface area (Å²) >= 11 is 4.46. The highest BCUT2D eigenvalue weighted by atomic mass is 79.9. The fourth-order valence-electron chi connectivity index (χ4n) is 0.780. The Balaban J connectivity index is 2.69. The van der Waals surface area contributed by atoms with E-state index >= 15 is 0 Å². The van der Waals surface area contributed by atoms with Crippen molar-refractivity contribution in [1.29, 1.82) is 0 Å². The second-order valence-electron chi connectivity index (χ2n) is 2.63. The number of amides is 1. The number of aliphatic carboxylic acids is 1. The molecule has 1 aromatic heterocycles. The zero-order valence-corrected chi connectivity index (χ0v) is 9.68. The summed E-state index contributed by atoms with van der Waals surface area (Å²) in [5.41, 5.74) is 0. The molecule has 6 heteroatoms. The summed E-state index contributed by atoms with van der Waals surface area (Å²) in [6.07, 6.45) is 0. The van der Waals surface area contributed by atoms with E-state index in [4.69, 9.17) is 5.11 Å². The molecular weight excluding hydrogens is 270 g/mol. The number of hydrogen-bond acceptors (Lipinski definition) is 3. The Kier molecular flexibility index (Phi) is 3.65. The lowest BCUT2D eigenvalue weighted by molar-refractivity contribution is -0.138. The Morgan fingerprint density at radius 3 is 2.71 bits per heavy atom. The minimum absolute atomic E-state index is 0.373. The van der Waals surface area contributed by atoms with Crippen molar-refractivity contribution in [2.24, 2.45) is 0 Å². The molecule has 4 nitrogen and oxygen atoms in total. The van der Waals surface area contributed by atoms with Gasteiger partial charge in [-0.25, -0.2) is 0 Å². The van der Waals surface area contributed by atoms with Gasteiger partial charge in [0.1, 0.15) is 10.9 Å². The van der Waals surface area contributed by atoms with E-state index in [0.29, 0.717) is 9.35 Å². The molecule has 76 valence electrons. The Morgan fingerprint density at radius 1 is 1.64 bits per heavy atom. The summed E-state index contributed by atoms with van der Waals surface area (Å²) in [5, 5.41) is 12.7. The first-order chi connectivity index (χ1) is 6.52. The van der Waals surface area contributed by atoms with Crippen LogP contribution in [-0.4, -0.2) is 23.0 Å². The molecule has 0 unspecified atom stereocenters. The zero-order chi connectivity index (χ0) is 10.7. The van der Waals surface area contributed by atoms with E-state index in [2.05, 4.69) is 21.2 Å². The van der Waals surface area contributed by atoms with Crippen molar-refractivity contribution in [2.75, 3.05) is 0 Å². The molecule has 0 fully saturated rings. The van der Waals surface area contributed by atoms with Crippen molar-refractivity contribution >= 4 is 39.1 Å². The second-order valence-corrected chi connectivity index (χ2v) is 4.40. The molecule has 1 atom stereocenters. The summed E-state index contributed by atoms with van der Waals surface area (Å²) in [7, 11) is 0. The maximum absolute atomic E-state index is 11.4. The molecule has 0 aromatic carbocycles. The Labute approximate surface area is 93.1 Å². The molecule has 0 saturated heterocycles. The van der Waals surface area contributed by atoms with E-state index in [9.17, 15) is 9.59 Å². The van der Waals surface area contributed by atoms with Gasteiger partial charge in [-0.1, -0.05) is 0 Å². The van der Waals surface area contributed by atoms with Crippen LogP contribution in [0.5, 0.6) is 0 Å². The second kappa shape index (κ2) is 4.56. The van der Waals surface area contributed by atoms with Crippen LogP contribution in [0, 0.1) is 0 Å². The molecule has 0 radical (unpaired) electrons. The van der Waals surface area contributed by atoms with Gasteiger partial charge in [0, 0.05) is 4.47 Å². The van der Waals surface area contributed by atoms with Crippen LogP contribution in [-0.2, 0) is 4.79 Å². The van der Waals surface area contributed by atoms with E-state index in [0.717, 1.165) is 0 Å². The highest BCUT2D eigenvalue weighted by molar-refractivity contribution is 9.10. The molecule has 1 heterocycles. The Hall–Kier alpha value is -0.880. The lowest BCUT2D eigenvalue weighted by Crippen LogP contribution is -2.38. The molecule has 0 spiro atoms. The summed E-state index contributed by atoms with van der Waals surface area (Å²) in [6.45, 7) is 1.42. The number of halogens is 1. The lowest BCUT2D eigenvalue weighted by Gasteiger charge is -2.07. The number of carboxylic acid groups (broad SMARTS) is 1. The Morgan fingerprint density at radius 2 is 2.29 bits per heavy atom. The molecule has 0 bridgehead atoms. The predicted molar refractivity (Wildman–Crippen MR) is 56.6 cm³/mol. The number of nitrogens with one attached hydrogen (secondary N) is 1. The van der Waals surface area contributed by atoms with Gasteiger partial charge in [0.25, 0.3) is 5.91 Å². The van der Waals surface area contributed by atoms with Crippen LogP contribution in [0.1, 0.15) is 16.6 Å². The monoisotopic (exact) mass is 277 g/mol. The molecule has 14 heavy (non-hydrogen) atoms. The van der Waals surface area contributed by atoms with Crippen LogP contribution in [0.2, 0.25) is 0 Å². The van der Waals surface area contributed by atoms with Gasteiger partial charge < -0.3 is 10.4 Å². The molecule has 0 aliphatic heterocycles. The minimum Gasteiger partial charge on any atom is -0.480 e. The number of carbonyl (C=O) groups excluding carboxylic acids is 1. The zero-order valence-electron chi connectivity index (χ0n) is 7.28. The van der Waals surface area contributed by atoms with Crippen molar-refractivity contribution in [1.82, 2.24) is 5.32 Å². The fourth-order valence-corrected chi connectivity index (χ4v) is 2.23. The van der Waals surface area contributed by atoms with Gasteiger partial charge in [0.05, 0.1) is 0 Å². The SMILES string of the molecule is C[C@H](NC(=O)c1sccc1Br)C(=O)O. The van der Waals surface area contributed by atoms with Gasteiger partial charge >= 0.3 is 5.97 Å². The third-order valence-electron chi connectivity index (χ3n) is 1.54. The van der Waals surface area contributed by atoms with E-state index in [1.54, 1.807) is 11.4 Å². The molecule has 0 saturated carbocycles. The van der Waals surface area contributed by atoms with Crippen molar-refractivity contribution in [3.8, 4) is 0 Å². The third kappa shape index (κ3) is 2.55. The van der Waals surface area contributed by atoms with E-state index in [1.165, 1.54) is 18.3 Å². The van der Waals surface area contributed by atoms with Gasteiger partial charge in [-0.15, -0.1) is 11.3 Å². The standard InChI is InChI=1S/C8H8BrNO3S/c1-4(8(12)13)10-7(11)6-5(9)2-3-14-6/h2-4H,1H3,(H,10,11)(H,12,13)/t4-/m0/s1. The maximum atomic E-state index is 11.4. The topological polar surface area (TPSA) is 66.4 Å². The van der Waals surface area contributed by atoms with Crippen molar-refractivity contribution in [2.45, 2.75) is 13.0 Å². The van der Waals surface area contributed by atoms with Crippen LogP contribution in [0.15, 0.2) is 15.9 Å². The first kappa shape index (κ1) is 11.2. The predicted octanol–water partition coefficient (Wildman–Crippen LogP) is 1.71. The molecule has 0 aliphatic carbocycles. The van der Waals surface area contributed by atoms with Gasteiger partial charge in [-0.3, -0.25) is 9.59 Å². The number of thiophene rings is 1. The van der Waals surface area contributed by atoms with Crippen molar-refractivity contribution in [3.63, 3.8) is 0 Å². The van der Waals surface area contributed by atoms with E-state index in [1.807, 2.05) is 0 Å². The maximum Gasteiger partial charge on any atom is 0.325 e. The molecule has 1 amide bonds. The van der Waals surface area contributed by atoms with Gasteiger partial charge in [0.15, 0.2) is 0 Å². The van der Waals surface area contributed by atoms with Gasteiger partial charge in [0.2, 0.25) is 0 Å². The smallest absolute Gasteiger partial charge is 0.325 e. The van der Waals surface area contributed by atoms with E-state index < -0.39 is 12.0 Å². The number of hydrogen-bond donors (Lipinski definition) is 2. The molecule has 2 N–H and O–H groups in total. The first-order valence-electron chi connectivity index (χ1n) is 3.79. The fraction of sp³-hybridized carbons (Fsp3) is 0.250. The van der Waals surface area contributed by atoms with Crippen LogP contribution < -0.4 is 5.32 Å².